The number of carbonyl (C=O) groups excluding carboxylic acids is 2. The van der Waals surface area contributed by atoms with Crippen molar-refractivity contribution in [1.82, 2.24) is 5.32 Å². The van der Waals surface area contributed by atoms with Gasteiger partial charge >= 0.3 is 0 Å². The average Bonchev–Trinajstić information content (AvgIpc) is 2.58. The summed E-state index contributed by atoms with van der Waals surface area (Å²) >= 11 is 5.77. The Morgan fingerprint density at radius 2 is 1.75 bits per heavy atom. The van der Waals surface area contributed by atoms with Crippen molar-refractivity contribution < 1.29 is 14.3 Å². The van der Waals surface area contributed by atoms with Crippen molar-refractivity contribution >= 4 is 23.3 Å². The van der Waals surface area contributed by atoms with Crippen LogP contribution in [0.5, 0.6) is 5.75 Å². The van der Waals surface area contributed by atoms with Gasteiger partial charge in [-0.2, -0.15) is 0 Å². The summed E-state index contributed by atoms with van der Waals surface area (Å²) in [5.74, 6) is 6.09. The topological polar surface area (TPSA) is 55.4 Å². The van der Waals surface area contributed by atoms with Gasteiger partial charge in [-0.15, -0.1) is 0 Å². The molecule has 2 aromatic carbocycles. The normalized spacial score (nSPS) is 9.58. The number of benzene rings is 2. The van der Waals surface area contributed by atoms with Gasteiger partial charge in [-0.1, -0.05) is 35.6 Å². The van der Waals surface area contributed by atoms with E-state index in [-0.39, 0.29) is 24.8 Å². The van der Waals surface area contributed by atoms with Gasteiger partial charge in [-0.25, -0.2) is 0 Å². The molecule has 122 valence electrons. The Hall–Kier alpha value is -2.77. The van der Waals surface area contributed by atoms with E-state index >= 15 is 0 Å². The number of halogens is 1. The first-order chi connectivity index (χ1) is 11.5. The quantitative estimate of drug-likeness (QED) is 0.671. The Balaban J connectivity index is 1.74. The van der Waals surface area contributed by atoms with Gasteiger partial charge in [0.15, 0.2) is 12.4 Å². The number of nitrogens with one attached hydrogen (secondary N) is 1. The standard InChI is InChI=1S/C19H16ClNO3/c1-14(22)16-6-4-15(5-7-16)3-2-12-21-19(23)13-24-18-10-8-17(20)9-11-18/h4-11H,12-13H2,1H3,(H,21,23). The first kappa shape index (κ1) is 17.6. The number of amides is 1. The van der Waals surface area contributed by atoms with Crippen molar-refractivity contribution in [3.63, 3.8) is 0 Å². The maximum Gasteiger partial charge on any atom is 0.258 e. The molecule has 0 aromatic heterocycles. The average molecular weight is 342 g/mol. The van der Waals surface area contributed by atoms with E-state index in [2.05, 4.69) is 17.2 Å². The number of ketones is 1. The molecule has 0 fully saturated rings. The van der Waals surface area contributed by atoms with E-state index in [1.807, 2.05) is 0 Å². The molecule has 0 aliphatic heterocycles. The van der Waals surface area contributed by atoms with E-state index in [9.17, 15) is 9.59 Å². The van der Waals surface area contributed by atoms with E-state index in [1.54, 1.807) is 48.5 Å². The van der Waals surface area contributed by atoms with Crippen molar-refractivity contribution in [2.45, 2.75) is 6.92 Å². The van der Waals surface area contributed by atoms with Gasteiger partial charge in [0.25, 0.3) is 5.91 Å². The van der Waals surface area contributed by atoms with Gasteiger partial charge in [0.1, 0.15) is 5.75 Å². The molecule has 1 amide bonds. The molecule has 0 unspecified atom stereocenters. The number of hydrogen-bond donors (Lipinski definition) is 1. The molecular weight excluding hydrogens is 326 g/mol. The predicted octanol–water partition coefficient (Wildman–Crippen LogP) is 3.09. The number of rotatable bonds is 5. The molecule has 0 atom stereocenters. The summed E-state index contributed by atoms with van der Waals surface area (Å²) in [6.45, 7) is 1.65. The van der Waals surface area contributed by atoms with Crippen LogP contribution in [0.3, 0.4) is 0 Å². The lowest BCUT2D eigenvalue weighted by molar-refractivity contribution is -0.122. The minimum Gasteiger partial charge on any atom is -0.484 e. The molecule has 0 aliphatic carbocycles. The largest absolute Gasteiger partial charge is 0.484 e. The van der Waals surface area contributed by atoms with Crippen molar-refractivity contribution in [2.24, 2.45) is 0 Å². The number of Topliss-reactive ketones (excluding diaryl/α,β-unsaturated/α-hetero) is 1. The molecule has 2 aromatic rings. The highest BCUT2D eigenvalue weighted by atomic mass is 35.5. The molecule has 2 rings (SSSR count). The SMILES string of the molecule is CC(=O)c1ccc(C#CCNC(=O)COc2ccc(Cl)cc2)cc1. The molecule has 1 N–H and O–H groups in total. The fourth-order valence-corrected chi connectivity index (χ4v) is 1.93. The van der Waals surface area contributed by atoms with E-state index in [1.165, 1.54) is 6.92 Å². The fraction of sp³-hybridized carbons (Fsp3) is 0.158. The van der Waals surface area contributed by atoms with Gasteiger partial charge in [-0.3, -0.25) is 9.59 Å². The predicted molar refractivity (Wildman–Crippen MR) is 93.3 cm³/mol. The van der Waals surface area contributed by atoms with Crippen LogP contribution in [0.15, 0.2) is 48.5 Å². The van der Waals surface area contributed by atoms with Gasteiger partial charge in [0.05, 0.1) is 6.54 Å². The summed E-state index contributed by atoms with van der Waals surface area (Å²) in [7, 11) is 0. The van der Waals surface area contributed by atoms with Crippen LogP contribution in [0.2, 0.25) is 5.02 Å². The zero-order chi connectivity index (χ0) is 17.4. The highest BCUT2D eigenvalue weighted by Gasteiger charge is 2.01. The molecule has 24 heavy (non-hydrogen) atoms. The van der Waals surface area contributed by atoms with Crippen LogP contribution in [0.25, 0.3) is 0 Å². The number of ether oxygens (including phenoxy) is 1. The Bertz CT molecular complexity index is 771. The van der Waals surface area contributed by atoms with E-state index in [0.29, 0.717) is 16.3 Å². The molecule has 4 nitrogen and oxygen atoms in total. The Morgan fingerprint density at radius 1 is 1.08 bits per heavy atom. The monoisotopic (exact) mass is 341 g/mol. The second-order valence-electron chi connectivity index (χ2n) is 4.95. The smallest absolute Gasteiger partial charge is 0.258 e. The fourth-order valence-electron chi connectivity index (χ4n) is 1.81. The van der Waals surface area contributed by atoms with Crippen LogP contribution in [-0.2, 0) is 4.79 Å². The molecule has 0 spiro atoms. The van der Waals surface area contributed by atoms with Crippen molar-refractivity contribution in [3.05, 3.63) is 64.7 Å². The third-order valence-corrected chi connectivity index (χ3v) is 3.33. The maximum atomic E-state index is 11.6. The summed E-state index contributed by atoms with van der Waals surface area (Å²) in [5, 5.41) is 3.26. The van der Waals surface area contributed by atoms with Gasteiger partial charge in [0, 0.05) is 16.1 Å². The maximum absolute atomic E-state index is 11.6. The van der Waals surface area contributed by atoms with E-state index < -0.39 is 0 Å². The Kier molecular flexibility index (Phi) is 6.41. The lowest BCUT2D eigenvalue weighted by Gasteiger charge is -2.05. The second kappa shape index (κ2) is 8.76. The summed E-state index contributed by atoms with van der Waals surface area (Å²) in [5.41, 5.74) is 1.43. The van der Waals surface area contributed by atoms with Crippen LogP contribution in [-0.4, -0.2) is 24.8 Å². The highest BCUT2D eigenvalue weighted by molar-refractivity contribution is 6.30. The minimum atomic E-state index is -0.258. The molecular formula is C19H16ClNO3. The molecule has 0 radical (unpaired) electrons. The molecule has 0 saturated heterocycles. The lowest BCUT2D eigenvalue weighted by atomic mass is 10.1. The minimum absolute atomic E-state index is 0.0162. The van der Waals surface area contributed by atoms with Crippen LogP contribution >= 0.6 is 11.6 Å². The third kappa shape index (κ3) is 5.79. The van der Waals surface area contributed by atoms with Crippen LogP contribution < -0.4 is 10.1 Å². The van der Waals surface area contributed by atoms with Crippen molar-refractivity contribution in [1.29, 1.82) is 0 Å². The first-order valence-electron chi connectivity index (χ1n) is 7.29. The zero-order valence-electron chi connectivity index (χ0n) is 13.1. The molecule has 0 heterocycles. The van der Waals surface area contributed by atoms with Crippen LogP contribution in [0.4, 0.5) is 0 Å². The summed E-state index contributed by atoms with van der Waals surface area (Å²) in [6, 6.07) is 13.8. The first-order valence-corrected chi connectivity index (χ1v) is 7.67. The second-order valence-corrected chi connectivity index (χ2v) is 5.39. The highest BCUT2D eigenvalue weighted by Crippen LogP contribution is 2.15. The third-order valence-electron chi connectivity index (χ3n) is 3.08. The number of carbonyl (C=O) groups is 2. The van der Waals surface area contributed by atoms with Crippen molar-refractivity contribution in [3.8, 4) is 17.6 Å². The van der Waals surface area contributed by atoms with Crippen LogP contribution in [0, 0.1) is 11.8 Å². The van der Waals surface area contributed by atoms with Gasteiger partial charge < -0.3 is 10.1 Å². The number of hydrogen-bond acceptors (Lipinski definition) is 3. The summed E-state index contributed by atoms with van der Waals surface area (Å²) in [6.07, 6.45) is 0. The van der Waals surface area contributed by atoms with Gasteiger partial charge in [-0.05, 0) is 43.3 Å². The molecule has 0 saturated carbocycles. The van der Waals surface area contributed by atoms with Crippen molar-refractivity contribution in [2.75, 3.05) is 13.2 Å². The Morgan fingerprint density at radius 3 is 2.38 bits per heavy atom. The summed E-state index contributed by atoms with van der Waals surface area (Å²) in [4.78, 5) is 22.8. The summed E-state index contributed by atoms with van der Waals surface area (Å²) < 4.78 is 5.32. The molecule has 0 aliphatic rings. The lowest BCUT2D eigenvalue weighted by Crippen LogP contribution is -2.29. The van der Waals surface area contributed by atoms with Crippen LogP contribution in [0.1, 0.15) is 22.8 Å². The Labute approximate surface area is 145 Å². The zero-order valence-corrected chi connectivity index (χ0v) is 13.9. The molecule has 0 bridgehead atoms. The van der Waals surface area contributed by atoms with Gasteiger partial charge in [0.2, 0.25) is 0 Å². The molecule has 5 heteroatoms. The van der Waals surface area contributed by atoms with E-state index in [0.717, 1.165) is 5.56 Å². The van der Waals surface area contributed by atoms with E-state index in [4.69, 9.17) is 16.3 Å².